The average molecular weight is 251 g/mol. The molecular formula is C8H11F2N3O2S. The Hall–Kier alpha value is -1.28. The van der Waals surface area contributed by atoms with Crippen LogP contribution in [0, 0.1) is 11.6 Å². The molecule has 0 bridgehead atoms. The van der Waals surface area contributed by atoms with Gasteiger partial charge in [-0.2, -0.15) is 0 Å². The fraction of sp³-hybridized carbons (Fsp3) is 0.375. The van der Waals surface area contributed by atoms with Crippen molar-refractivity contribution >= 4 is 15.8 Å². The van der Waals surface area contributed by atoms with Gasteiger partial charge in [0, 0.05) is 19.2 Å². The third-order valence-electron chi connectivity index (χ3n) is 1.59. The average Bonchev–Trinajstić information content (AvgIpc) is 2.13. The summed E-state index contributed by atoms with van der Waals surface area (Å²) in [5.41, 5.74) is 0. The fourth-order valence-corrected chi connectivity index (χ4v) is 1.43. The van der Waals surface area contributed by atoms with Crippen LogP contribution in [0.5, 0.6) is 0 Å². The van der Waals surface area contributed by atoms with Crippen molar-refractivity contribution in [3.63, 3.8) is 0 Å². The minimum atomic E-state index is -3.26. The summed E-state index contributed by atoms with van der Waals surface area (Å²) in [6.07, 6.45) is 1.89. The van der Waals surface area contributed by atoms with Gasteiger partial charge in [0.25, 0.3) is 0 Å². The lowest BCUT2D eigenvalue weighted by atomic mass is 10.4. The van der Waals surface area contributed by atoms with Crippen molar-refractivity contribution < 1.29 is 17.2 Å². The Morgan fingerprint density at radius 2 is 2.06 bits per heavy atom. The third kappa shape index (κ3) is 4.49. The van der Waals surface area contributed by atoms with Crippen molar-refractivity contribution in [1.29, 1.82) is 0 Å². The Morgan fingerprint density at radius 3 is 2.62 bits per heavy atom. The molecule has 0 radical (unpaired) electrons. The maximum Gasteiger partial charge on any atom is 0.208 e. The molecule has 1 aromatic rings. The zero-order valence-electron chi connectivity index (χ0n) is 8.50. The second-order valence-electron chi connectivity index (χ2n) is 3.08. The molecular weight excluding hydrogens is 240 g/mol. The van der Waals surface area contributed by atoms with Crippen LogP contribution in [0.25, 0.3) is 0 Å². The number of hydrogen-bond acceptors (Lipinski definition) is 4. The van der Waals surface area contributed by atoms with E-state index in [1.54, 1.807) is 0 Å². The van der Waals surface area contributed by atoms with Gasteiger partial charge < -0.3 is 5.32 Å². The Kier molecular flexibility index (Phi) is 4.13. The van der Waals surface area contributed by atoms with Crippen LogP contribution >= 0.6 is 0 Å². The van der Waals surface area contributed by atoms with Crippen LogP contribution in [-0.2, 0) is 10.0 Å². The minimum absolute atomic E-state index is 0.0946. The molecule has 0 aromatic carbocycles. The van der Waals surface area contributed by atoms with Crippen LogP contribution in [-0.4, -0.2) is 32.7 Å². The highest BCUT2D eigenvalue weighted by atomic mass is 32.2. The Morgan fingerprint density at radius 1 is 1.38 bits per heavy atom. The highest BCUT2D eigenvalue weighted by Gasteiger charge is 2.05. The molecule has 1 heterocycles. The normalized spacial score (nSPS) is 11.4. The monoisotopic (exact) mass is 251 g/mol. The summed E-state index contributed by atoms with van der Waals surface area (Å²) in [6.45, 7) is 0.250. The first-order valence-corrected chi connectivity index (χ1v) is 6.27. The standard InChI is InChI=1S/C8H11F2N3O2S/c1-16(14,15)13-3-2-11-8-7(10)4-6(9)5-12-8/h4-5,13H,2-3H2,1H3,(H,11,12). The lowest BCUT2D eigenvalue weighted by Crippen LogP contribution is -2.28. The van der Waals surface area contributed by atoms with Crippen LogP contribution in [0.4, 0.5) is 14.6 Å². The van der Waals surface area contributed by atoms with E-state index in [9.17, 15) is 17.2 Å². The van der Waals surface area contributed by atoms with Gasteiger partial charge in [0.2, 0.25) is 10.0 Å². The molecule has 16 heavy (non-hydrogen) atoms. The van der Waals surface area contributed by atoms with Crippen molar-refractivity contribution in [2.45, 2.75) is 0 Å². The van der Waals surface area contributed by atoms with Crippen molar-refractivity contribution in [3.05, 3.63) is 23.9 Å². The number of nitrogens with zero attached hydrogens (tertiary/aromatic N) is 1. The van der Waals surface area contributed by atoms with Gasteiger partial charge in [-0.1, -0.05) is 0 Å². The van der Waals surface area contributed by atoms with E-state index in [0.29, 0.717) is 6.07 Å². The first-order valence-electron chi connectivity index (χ1n) is 4.38. The summed E-state index contributed by atoms with van der Waals surface area (Å²) >= 11 is 0. The molecule has 90 valence electrons. The van der Waals surface area contributed by atoms with Crippen LogP contribution in [0.15, 0.2) is 12.3 Å². The largest absolute Gasteiger partial charge is 0.366 e. The number of aromatic nitrogens is 1. The van der Waals surface area contributed by atoms with Crippen molar-refractivity contribution in [2.24, 2.45) is 0 Å². The molecule has 0 amide bonds. The van der Waals surface area contributed by atoms with Gasteiger partial charge in [-0.05, 0) is 0 Å². The van der Waals surface area contributed by atoms with E-state index in [1.165, 1.54) is 0 Å². The Balaban J connectivity index is 2.43. The van der Waals surface area contributed by atoms with Gasteiger partial charge in [0.15, 0.2) is 11.6 Å². The number of pyridine rings is 1. The van der Waals surface area contributed by atoms with Crippen molar-refractivity contribution in [1.82, 2.24) is 9.71 Å². The van der Waals surface area contributed by atoms with Crippen LogP contribution < -0.4 is 10.0 Å². The maximum absolute atomic E-state index is 13.0. The number of rotatable bonds is 5. The smallest absolute Gasteiger partial charge is 0.208 e. The molecule has 8 heteroatoms. The Bertz CT molecular complexity index is 464. The topological polar surface area (TPSA) is 71.1 Å². The fourth-order valence-electron chi connectivity index (χ4n) is 0.962. The molecule has 0 aliphatic rings. The number of halogens is 2. The second-order valence-corrected chi connectivity index (χ2v) is 4.91. The van der Waals surface area contributed by atoms with Crippen molar-refractivity contribution in [2.75, 3.05) is 24.7 Å². The van der Waals surface area contributed by atoms with E-state index in [2.05, 4.69) is 15.0 Å². The summed E-state index contributed by atoms with van der Waals surface area (Å²) in [4.78, 5) is 3.47. The predicted molar refractivity (Wildman–Crippen MR) is 55.5 cm³/mol. The van der Waals surface area contributed by atoms with Crippen LogP contribution in [0.2, 0.25) is 0 Å². The SMILES string of the molecule is CS(=O)(=O)NCCNc1ncc(F)cc1F. The first kappa shape index (κ1) is 12.8. The molecule has 0 fully saturated rings. The summed E-state index contributed by atoms with van der Waals surface area (Å²) in [5, 5.41) is 2.53. The van der Waals surface area contributed by atoms with Gasteiger partial charge in [0.1, 0.15) is 5.82 Å². The molecule has 1 aromatic heterocycles. The summed E-state index contributed by atoms with van der Waals surface area (Å²) < 4.78 is 49.0. The zero-order chi connectivity index (χ0) is 12.2. The van der Waals surface area contributed by atoms with E-state index in [-0.39, 0.29) is 18.9 Å². The van der Waals surface area contributed by atoms with Crippen LogP contribution in [0.1, 0.15) is 0 Å². The van der Waals surface area contributed by atoms with Gasteiger partial charge in [-0.15, -0.1) is 0 Å². The number of anilines is 1. The van der Waals surface area contributed by atoms with E-state index in [1.807, 2.05) is 0 Å². The quantitative estimate of drug-likeness (QED) is 0.739. The Labute approximate surface area is 91.9 Å². The minimum Gasteiger partial charge on any atom is -0.366 e. The maximum atomic E-state index is 13.0. The third-order valence-corrected chi connectivity index (χ3v) is 2.32. The molecule has 0 atom stereocenters. The van der Waals surface area contributed by atoms with Crippen molar-refractivity contribution in [3.8, 4) is 0 Å². The molecule has 0 spiro atoms. The molecule has 5 nitrogen and oxygen atoms in total. The van der Waals surface area contributed by atoms with Gasteiger partial charge in [-0.3, -0.25) is 0 Å². The van der Waals surface area contributed by atoms with Gasteiger partial charge in [0.05, 0.1) is 12.5 Å². The van der Waals surface area contributed by atoms with Gasteiger partial charge in [-0.25, -0.2) is 26.9 Å². The number of nitrogens with one attached hydrogen (secondary N) is 2. The molecule has 0 saturated heterocycles. The van der Waals surface area contributed by atoms with Crippen LogP contribution in [0.3, 0.4) is 0 Å². The number of sulfonamides is 1. The zero-order valence-corrected chi connectivity index (χ0v) is 9.31. The van der Waals surface area contributed by atoms with E-state index >= 15 is 0 Å². The lowest BCUT2D eigenvalue weighted by Gasteiger charge is -2.06. The van der Waals surface area contributed by atoms with E-state index < -0.39 is 21.7 Å². The summed E-state index contributed by atoms with van der Waals surface area (Å²) in [7, 11) is -3.26. The molecule has 0 saturated carbocycles. The predicted octanol–water partition coefficient (Wildman–Crippen LogP) is 0.321. The second kappa shape index (κ2) is 5.17. The molecule has 0 aliphatic heterocycles. The molecule has 1 rings (SSSR count). The lowest BCUT2D eigenvalue weighted by molar-refractivity contribution is 0.575. The molecule has 0 aliphatic carbocycles. The van der Waals surface area contributed by atoms with Gasteiger partial charge >= 0.3 is 0 Å². The van der Waals surface area contributed by atoms with E-state index in [4.69, 9.17) is 0 Å². The number of hydrogen-bond donors (Lipinski definition) is 2. The summed E-state index contributed by atoms with van der Waals surface area (Å²) in [6, 6.07) is 0.694. The van der Waals surface area contributed by atoms with E-state index in [0.717, 1.165) is 12.5 Å². The summed E-state index contributed by atoms with van der Waals surface area (Å²) in [5.74, 6) is -1.70. The first-order chi connectivity index (χ1) is 7.38. The molecule has 2 N–H and O–H groups in total. The molecule has 0 unspecified atom stereocenters. The highest BCUT2D eigenvalue weighted by molar-refractivity contribution is 7.88. The highest BCUT2D eigenvalue weighted by Crippen LogP contribution is 2.10.